The second kappa shape index (κ2) is 4.74. The van der Waals surface area contributed by atoms with Crippen LogP contribution in [0.15, 0.2) is 48.2 Å². The zero-order valence-electron chi connectivity index (χ0n) is 10.1. The zero-order valence-corrected chi connectivity index (χ0v) is 10.9. The molecule has 0 N–H and O–H groups in total. The van der Waals surface area contributed by atoms with Gasteiger partial charge in [-0.1, -0.05) is 0 Å². The van der Waals surface area contributed by atoms with Crippen molar-refractivity contribution in [3.05, 3.63) is 48.2 Å². The normalized spacial score (nSPS) is 10.7. The number of hydrogen-bond donors (Lipinski definition) is 0. The molecule has 0 spiro atoms. The van der Waals surface area contributed by atoms with Crippen molar-refractivity contribution in [1.29, 1.82) is 0 Å². The first-order chi connectivity index (χ1) is 8.90. The van der Waals surface area contributed by atoms with Gasteiger partial charge in [-0.2, -0.15) is 0 Å². The van der Waals surface area contributed by atoms with Crippen LogP contribution in [-0.4, -0.2) is 16.5 Å². The lowest BCUT2D eigenvalue weighted by Gasteiger charge is -2.22. The predicted octanol–water partition coefficient (Wildman–Crippen LogP) is 3.85. The first-order valence-corrected chi connectivity index (χ1v) is 6.78. The molecule has 0 aliphatic carbocycles. The third-order valence-corrected chi connectivity index (χ3v) is 3.80. The van der Waals surface area contributed by atoms with E-state index < -0.39 is 0 Å². The van der Waals surface area contributed by atoms with Gasteiger partial charge in [0, 0.05) is 41.6 Å². The standard InChI is InChI=1S/C14H13N3S/c1-2-17(11-5-8-15-9-6-11)13-10-18-14-12(13)4-3-7-16-14/h3-10H,2H2,1H3. The van der Waals surface area contributed by atoms with E-state index in [4.69, 9.17) is 0 Å². The molecule has 0 saturated carbocycles. The second-order valence-electron chi connectivity index (χ2n) is 3.93. The number of thiophene rings is 1. The molecule has 4 heteroatoms. The Balaban J connectivity index is 2.12. The molecule has 0 amide bonds. The summed E-state index contributed by atoms with van der Waals surface area (Å²) in [7, 11) is 0. The van der Waals surface area contributed by atoms with Crippen molar-refractivity contribution in [1.82, 2.24) is 9.97 Å². The van der Waals surface area contributed by atoms with Crippen molar-refractivity contribution >= 4 is 32.9 Å². The highest BCUT2D eigenvalue weighted by atomic mass is 32.1. The number of anilines is 2. The molecule has 0 radical (unpaired) electrons. The topological polar surface area (TPSA) is 29.0 Å². The van der Waals surface area contributed by atoms with Crippen LogP contribution in [0.25, 0.3) is 10.2 Å². The summed E-state index contributed by atoms with van der Waals surface area (Å²) in [4.78, 5) is 11.8. The summed E-state index contributed by atoms with van der Waals surface area (Å²) < 4.78 is 0. The summed E-state index contributed by atoms with van der Waals surface area (Å²) in [6.07, 6.45) is 5.49. The largest absolute Gasteiger partial charge is 0.340 e. The molecule has 3 aromatic heterocycles. The van der Waals surface area contributed by atoms with Crippen LogP contribution < -0.4 is 4.90 Å². The minimum Gasteiger partial charge on any atom is -0.340 e. The van der Waals surface area contributed by atoms with Crippen LogP contribution in [0.1, 0.15) is 6.92 Å². The maximum absolute atomic E-state index is 4.39. The van der Waals surface area contributed by atoms with Gasteiger partial charge in [-0.05, 0) is 31.2 Å². The molecule has 18 heavy (non-hydrogen) atoms. The number of aromatic nitrogens is 2. The first kappa shape index (κ1) is 11.2. The van der Waals surface area contributed by atoms with Gasteiger partial charge in [-0.15, -0.1) is 11.3 Å². The van der Waals surface area contributed by atoms with E-state index in [0.717, 1.165) is 17.1 Å². The Labute approximate surface area is 110 Å². The minimum atomic E-state index is 0.921. The monoisotopic (exact) mass is 255 g/mol. The molecule has 3 rings (SSSR count). The Kier molecular flexibility index (Phi) is 2.94. The van der Waals surface area contributed by atoms with Crippen molar-refractivity contribution in [2.75, 3.05) is 11.4 Å². The molecule has 0 atom stereocenters. The molecule has 3 aromatic rings. The highest BCUT2D eigenvalue weighted by Crippen LogP contribution is 2.35. The minimum absolute atomic E-state index is 0.921. The van der Waals surface area contributed by atoms with Crippen molar-refractivity contribution in [3.8, 4) is 0 Å². The van der Waals surface area contributed by atoms with E-state index in [9.17, 15) is 0 Å². The van der Waals surface area contributed by atoms with Crippen molar-refractivity contribution in [2.45, 2.75) is 6.92 Å². The first-order valence-electron chi connectivity index (χ1n) is 5.90. The van der Waals surface area contributed by atoms with Crippen LogP contribution in [-0.2, 0) is 0 Å². The number of fused-ring (bicyclic) bond motifs is 1. The van der Waals surface area contributed by atoms with E-state index in [1.54, 1.807) is 11.3 Å². The van der Waals surface area contributed by atoms with Crippen molar-refractivity contribution in [3.63, 3.8) is 0 Å². The lowest BCUT2D eigenvalue weighted by atomic mass is 10.2. The second-order valence-corrected chi connectivity index (χ2v) is 4.78. The Morgan fingerprint density at radius 2 is 2.00 bits per heavy atom. The van der Waals surface area contributed by atoms with Crippen LogP contribution in [0.3, 0.4) is 0 Å². The van der Waals surface area contributed by atoms with E-state index in [0.29, 0.717) is 0 Å². The highest BCUT2D eigenvalue weighted by molar-refractivity contribution is 7.17. The van der Waals surface area contributed by atoms with Gasteiger partial charge in [0.05, 0.1) is 5.69 Å². The fraction of sp³-hybridized carbons (Fsp3) is 0.143. The molecule has 0 fully saturated rings. The Bertz CT molecular complexity index is 648. The van der Waals surface area contributed by atoms with Gasteiger partial charge in [0.25, 0.3) is 0 Å². The van der Waals surface area contributed by atoms with E-state index in [2.05, 4.69) is 33.2 Å². The lowest BCUT2D eigenvalue weighted by molar-refractivity contribution is 1.03. The fourth-order valence-electron chi connectivity index (χ4n) is 2.08. The molecule has 0 saturated heterocycles. The molecule has 0 unspecified atom stereocenters. The van der Waals surface area contributed by atoms with Crippen LogP contribution in [0.2, 0.25) is 0 Å². The average molecular weight is 255 g/mol. The highest BCUT2D eigenvalue weighted by Gasteiger charge is 2.12. The maximum Gasteiger partial charge on any atom is 0.125 e. The fourth-order valence-corrected chi connectivity index (χ4v) is 2.98. The summed E-state index contributed by atoms with van der Waals surface area (Å²) in [5, 5.41) is 3.38. The Hall–Kier alpha value is -1.94. The van der Waals surface area contributed by atoms with Crippen LogP contribution >= 0.6 is 11.3 Å². The van der Waals surface area contributed by atoms with Gasteiger partial charge in [0.15, 0.2) is 0 Å². The van der Waals surface area contributed by atoms with E-state index >= 15 is 0 Å². The SMILES string of the molecule is CCN(c1ccncc1)c1csc2ncccc12. The summed E-state index contributed by atoms with van der Waals surface area (Å²) in [5.74, 6) is 0. The van der Waals surface area contributed by atoms with Crippen molar-refractivity contribution in [2.24, 2.45) is 0 Å². The number of nitrogens with zero attached hydrogens (tertiary/aromatic N) is 3. The summed E-state index contributed by atoms with van der Waals surface area (Å²) >= 11 is 1.68. The number of pyridine rings is 2. The lowest BCUT2D eigenvalue weighted by Crippen LogP contribution is -2.15. The van der Waals surface area contributed by atoms with E-state index in [1.807, 2.05) is 36.8 Å². The quantitative estimate of drug-likeness (QED) is 0.712. The Morgan fingerprint density at radius 3 is 2.78 bits per heavy atom. The molecule has 3 heterocycles. The molecule has 3 nitrogen and oxygen atoms in total. The van der Waals surface area contributed by atoms with Gasteiger partial charge < -0.3 is 4.90 Å². The molecule has 0 bridgehead atoms. The summed E-state index contributed by atoms with van der Waals surface area (Å²) in [6, 6.07) is 8.17. The number of rotatable bonds is 3. The molecular weight excluding hydrogens is 242 g/mol. The Morgan fingerprint density at radius 1 is 1.17 bits per heavy atom. The van der Waals surface area contributed by atoms with E-state index in [1.165, 1.54) is 11.1 Å². The maximum atomic E-state index is 4.39. The number of hydrogen-bond acceptors (Lipinski definition) is 4. The van der Waals surface area contributed by atoms with Crippen molar-refractivity contribution < 1.29 is 0 Å². The molecule has 0 aromatic carbocycles. The van der Waals surface area contributed by atoms with Gasteiger partial charge in [0.2, 0.25) is 0 Å². The predicted molar refractivity (Wildman–Crippen MR) is 76.5 cm³/mol. The molecule has 0 aliphatic rings. The molecule has 90 valence electrons. The third-order valence-electron chi connectivity index (χ3n) is 2.91. The van der Waals surface area contributed by atoms with Crippen LogP contribution in [0.5, 0.6) is 0 Å². The zero-order chi connectivity index (χ0) is 12.4. The van der Waals surface area contributed by atoms with Crippen LogP contribution in [0.4, 0.5) is 11.4 Å². The molecule has 0 aliphatic heterocycles. The van der Waals surface area contributed by atoms with Crippen LogP contribution in [0, 0.1) is 0 Å². The average Bonchev–Trinajstić information content (AvgIpc) is 2.85. The van der Waals surface area contributed by atoms with Gasteiger partial charge in [0.1, 0.15) is 4.83 Å². The summed E-state index contributed by atoms with van der Waals surface area (Å²) in [6.45, 7) is 3.07. The summed E-state index contributed by atoms with van der Waals surface area (Å²) in [5.41, 5.74) is 2.38. The smallest absolute Gasteiger partial charge is 0.125 e. The van der Waals surface area contributed by atoms with Gasteiger partial charge in [-0.3, -0.25) is 4.98 Å². The molecular formula is C14H13N3S. The van der Waals surface area contributed by atoms with E-state index in [-0.39, 0.29) is 0 Å². The van der Waals surface area contributed by atoms with Gasteiger partial charge in [-0.25, -0.2) is 4.98 Å². The van der Waals surface area contributed by atoms with Gasteiger partial charge >= 0.3 is 0 Å². The third kappa shape index (κ3) is 1.84.